The molecule has 0 saturated heterocycles. The maximum atomic E-state index is 12.3. The molecule has 0 heterocycles. The normalized spacial score (nSPS) is 17.5. The molecule has 2 aromatic carbocycles. The number of hydrogen-bond acceptors (Lipinski definition) is 7. The van der Waals surface area contributed by atoms with Gasteiger partial charge >= 0.3 is 17.9 Å². The van der Waals surface area contributed by atoms with E-state index in [1.54, 1.807) is 12.1 Å². The molecule has 8 heteroatoms. The molecular formula is C25H24O8. The first kappa shape index (κ1) is 23.7. The predicted molar refractivity (Wildman–Crippen MR) is 117 cm³/mol. The van der Waals surface area contributed by atoms with Crippen molar-refractivity contribution in [3.63, 3.8) is 0 Å². The second kappa shape index (κ2) is 11.1. The third-order valence-electron chi connectivity index (χ3n) is 5.30. The molecule has 1 aliphatic carbocycles. The topological polar surface area (TPSA) is 116 Å². The molecule has 172 valence electrons. The predicted octanol–water partition coefficient (Wildman–Crippen LogP) is 3.84. The Hall–Kier alpha value is -3.94. The van der Waals surface area contributed by atoms with Crippen LogP contribution in [0.1, 0.15) is 46.4 Å². The molecule has 0 amide bonds. The van der Waals surface area contributed by atoms with Gasteiger partial charge in [0.15, 0.2) is 12.4 Å². The fourth-order valence-corrected chi connectivity index (χ4v) is 3.37. The smallest absolute Gasteiger partial charge is 0.343 e. The third-order valence-corrected chi connectivity index (χ3v) is 5.30. The zero-order valence-electron chi connectivity index (χ0n) is 17.9. The molecule has 0 aromatic heterocycles. The van der Waals surface area contributed by atoms with Gasteiger partial charge in [0, 0.05) is 0 Å². The van der Waals surface area contributed by atoms with E-state index in [2.05, 4.69) is 6.58 Å². The first-order valence-electron chi connectivity index (χ1n) is 10.5. The van der Waals surface area contributed by atoms with Gasteiger partial charge in [0.25, 0.3) is 0 Å². The number of carboxylic acids is 1. The van der Waals surface area contributed by atoms with E-state index >= 15 is 0 Å². The van der Waals surface area contributed by atoms with Gasteiger partial charge in [-0.1, -0.05) is 6.58 Å². The fraction of sp³-hybridized carbons (Fsp3) is 0.280. The Balaban J connectivity index is 1.50. The molecule has 33 heavy (non-hydrogen) atoms. The first-order valence-corrected chi connectivity index (χ1v) is 10.5. The highest BCUT2D eigenvalue weighted by molar-refractivity contribution is 5.92. The molecule has 1 saturated carbocycles. The average Bonchev–Trinajstić information content (AvgIpc) is 2.83. The summed E-state index contributed by atoms with van der Waals surface area (Å²) in [6.45, 7) is 3.23. The van der Waals surface area contributed by atoms with Crippen molar-refractivity contribution >= 4 is 23.7 Å². The van der Waals surface area contributed by atoms with Crippen LogP contribution in [0.5, 0.6) is 11.5 Å². The summed E-state index contributed by atoms with van der Waals surface area (Å²) in [5.41, 5.74) is 0.601. The molecule has 0 radical (unpaired) electrons. The van der Waals surface area contributed by atoms with Crippen molar-refractivity contribution in [1.82, 2.24) is 0 Å². The quantitative estimate of drug-likeness (QED) is 0.347. The molecule has 0 aliphatic heterocycles. The summed E-state index contributed by atoms with van der Waals surface area (Å²) in [5.74, 6) is -1.84. The lowest BCUT2D eigenvalue weighted by molar-refractivity contribution is -0.143. The molecule has 8 nitrogen and oxygen atoms in total. The second-order valence-corrected chi connectivity index (χ2v) is 7.61. The van der Waals surface area contributed by atoms with E-state index in [1.165, 1.54) is 42.5 Å². The van der Waals surface area contributed by atoms with E-state index in [0.29, 0.717) is 37.0 Å². The largest absolute Gasteiger partial charge is 0.485 e. The Bertz CT molecular complexity index is 1020. The van der Waals surface area contributed by atoms with Crippen molar-refractivity contribution in [1.29, 1.82) is 0 Å². The van der Waals surface area contributed by atoms with Crippen LogP contribution in [-0.2, 0) is 14.3 Å². The summed E-state index contributed by atoms with van der Waals surface area (Å²) in [6.07, 6.45) is 2.89. The minimum absolute atomic E-state index is 0.133. The van der Waals surface area contributed by atoms with Crippen molar-refractivity contribution < 1.29 is 38.5 Å². The molecule has 1 aliphatic rings. The van der Waals surface area contributed by atoms with E-state index in [4.69, 9.17) is 19.3 Å². The van der Waals surface area contributed by atoms with Crippen molar-refractivity contribution in [3.8, 4) is 11.5 Å². The van der Waals surface area contributed by atoms with E-state index < -0.39 is 17.9 Å². The van der Waals surface area contributed by atoms with Crippen LogP contribution >= 0.6 is 0 Å². The zero-order valence-corrected chi connectivity index (χ0v) is 17.9. The van der Waals surface area contributed by atoms with Gasteiger partial charge in [-0.05, 0) is 80.3 Å². The van der Waals surface area contributed by atoms with Gasteiger partial charge in [-0.3, -0.25) is 9.59 Å². The summed E-state index contributed by atoms with van der Waals surface area (Å²) < 4.78 is 16.1. The maximum absolute atomic E-state index is 12.3. The number of carbonyl (C=O) groups excluding carboxylic acids is 3. The average molecular weight is 452 g/mol. The lowest BCUT2D eigenvalue weighted by Gasteiger charge is -2.25. The molecular weight excluding hydrogens is 428 g/mol. The van der Waals surface area contributed by atoms with Gasteiger partial charge in [0.05, 0.1) is 17.0 Å². The Labute approximate surface area is 190 Å². The number of ketones is 1. The summed E-state index contributed by atoms with van der Waals surface area (Å²) in [4.78, 5) is 46.9. The molecule has 0 unspecified atom stereocenters. The van der Waals surface area contributed by atoms with Crippen molar-refractivity contribution in [2.24, 2.45) is 5.92 Å². The van der Waals surface area contributed by atoms with Gasteiger partial charge in [-0.15, -0.1) is 0 Å². The minimum atomic E-state index is -0.811. The van der Waals surface area contributed by atoms with Crippen molar-refractivity contribution in [3.05, 3.63) is 72.3 Å². The van der Waals surface area contributed by atoms with Crippen LogP contribution in [0.15, 0.2) is 61.2 Å². The second-order valence-electron chi connectivity index (χ2n) is 7.61. The fourth-order valence-electron chi connectivity index (χ4n) is 3.37. The Morgan fingerprint density at radius 2 is 1.39 bits per heavy atom. The zero-order chi connectivity index (χ0) is 23.8. The highest BCUT2D eigenvalue weighted by Crippen LogP contribution is 2.27. The van der Waals surface area contributed by atoms with E-state index in [9.17, 15) is 19.2 Å². The first-order chi connectivity index (χ1) is 15.9. The Morgan fingerprint density at radius 3 is 1.94 bits per heavy atom. The highest BCUT2D eigenvalue weighted by atomic mass is 16.5. The number of hydrogen-bond donors (Lipinski definition) is 1. The Morgan fingerprint density at radius 1 is 0.848 bits per heavy atom. The van der Waals surface area contributed by atoms with E-state index in [-0.39, 0.29) is 35.7 Å². The number of rotatable bonds is 9. The third kappa shape index (κ3) is 6.77. The van der Waals surface area contributed by atoms with Crippen LogP contribution in [0.25, 0.3) is 0 Å². The Kier molecular flexibility index (Phi) is 7.96. The van der Waals surface area contributed by atoms with E-state index in [1.807, 2.05) is 0 Å². The summed E-state index contributed by atoms with van der Waals surface area (Å²) in [5, 5.41) is 9.04. The minimum Gasteiger partial charge on any atom is -0.485 e. The standard InChI is InChI=1S/C25H24O8/c1-2-19(26)15-31-20-9-5-17(6-10-20)24(29)33-22-13-7-18(8-14-22)25(30)32-21-11-3-16(4-12-21)23(27)28/h2,5-10,13-14,16,21H,1,3-4,11-12,15H2,(H,27,28). The molecule has 0 spiro atoms. The number of aliphatic carboxylic acids is 1. The van der Waals surface area contributed by atoms with Crippen LogP contribution in [0.2, 0.25) is 0 Å². The molecule has 2 aromatic rings. The molecule has 0 atom stereocenters. The molecule has 1 N–H and O–H groups in total. The van der Waals surface area contributed by atoms with Crippen molar-refractivity contribution in [2.75, 3.05) is 6.61 Å². The number of carbonyl (C=O) groups is 4. The van der Waals surface area contributed by atoms with E-state index in [0.717, 1.165) is 0 Å². The van der Waals surface area contributed by atoms with Crippen molar-refractivity contribution in [2.45, 2.75) is 31.8 Å². The number of esters is 2. The van der Waals surface area contributed by atoms with Gasteiger partial charge in [-0.25, -0.2) is 9.59 Å². The molecule has 1 fully saturated rings. The van der Waals surface area contributed by atoms with Gasteiger partial charge < -0.3 is 19.3 Å². The SMILES string of the molecule is C=CC(=O)COc1ccc(C(=O)Oc2ccc(C(=O)OC3CCC(C(=O)O)CC3)cc2)cc1. The van der Waals surface area contributed by atoms with Gasteiger partial charge in [0.1, 0.15) is 17.6 Å². The summed E-state index contributed by atoms with van der Waals surface area (Å²) in [7, 11) is 0. The van der Waals surface area contributed by atoms with Gasteiger partial charge in [-0.2, -0.15) is 0 Å². The summed E-state index contributed by atoms with van der Waals surface area (Å²) >= 11 is 0. The van der Waals surface area contributed by atoms with Crippen LogP contribution < -0.4 is 9.47 Å². The maximum Gasteiger partial charge on any atom is 0.343 e. The van der Waals surface area contributed by atoms with Gasteiger partial charge in [0.2, 0.25) is 0 Å². The monoisotopic (exact) mass is 452 g/mol. The van der Waals surface area contributed by atoms with Crippen LogP contribution in [0.4, 0.5) is 0 Å². The number of benzene rings is 2. The number of ether oxygens (including phenoxy) is 3. The van der Waals surface area contributed by atoms with Crippen LogP contribution in [0.3, 0.4) is 0 Å². The number of carboxylic acid groups (broad SMARTS) is 1. The lowest BCUT2D eigenvalue weighted by atomic mass is 9.87. The summed E-state index contributed by atoms with van der Waals surface area (Å²) in [6, 6.07) is 12.1. The lowest BCUT2D eigenvalue weighted by Crippen LogP contribution is -2.27. The van der Waals surface area contributed by atoms with Crippen LogP contribution in [0, 0.1) is 5.92 Å². The molecule has 0 bridgehead atoms. The molecule has 3 rings (SSSR count). The highest BCUT2D eigenvalue weighted by Gasteiger charge is 2.28. The van der Waals surface area contributed by atoms with Crippen LogP contribution in [-0.4, -0.2) is 41.5 Å².